The number of hydrogen-bond acceptors (Lipinski definition) is 4. The molecule has 0 saturated heterocycles. The molecular weight excluding hydrogens is 290 g/mol. The number of carbonyl (C=O) groups is 1. The lowest BCUT2D eigenvalue weighted by Crippen LogP contribution is -2.13. The predicted molar refractivity (Wildman–Crippen MR) is 88.7 cm³/mol. The molecule has 23 heavy (non-hydrogen) atoms. The average molecular weight is 305 g/mol. The van der Waals surface area contributed by atoms with E-state index in [4.69, 9.17) is 0 Å². The zero-order valence-electron chi connectivity index (χ0n) is 12.6. The van der Waals surface area contributed by atoms with Crippen molar-refractivity contribution in [2.45, 2.75) is 0 Å². The summed E-state index contributed by atoms with van der Waals surface area (Å²) in [5.74, 6) is 0.166. The number of nitrogens with zero attached hydrogens (tertiary/aromatic N) is 4. The maximum Gasteiger partial charge on any atom is 0.256 e. The fourth-order valence-electron chi connectivity index (χ4n) is 2.07. The third-order valence-electron chi connectivity index (χ3n) is 3.32. The molecule has 1 N–H and O–H groups in total. The van der Waals surface area contributed by atoms with Gasteiger partial charge in [-0.2, -0.15) is 5.10 Å². The number of carbonyl (C=O) groups excluding carboxylic acids is 1. The second kappa shape index (κ2) is 6.23. The van der Waals surface area contributed by atoms with Gasteiger partial charge in [0.1, 0.15) is 0 Å². The first kappa shape index (κ1) is 14.6. The third-order valence-corrected chi connectivity index (χ3v) is 3.32. The van der Waals surface area contributed by atoms with Gasteiger partial charge in [0.05, 0.1) is 11.9 Å². The Kier molecular flexibility index (Phi) is 3.97. The number of amides is 1. The number of rotatable bonds is 4. The molecule has 0 aliphatic rings. The van der Waals surface area contributed by atoms with Crippen LogP contribution in [0.4, 0.5) is 5.82 Å². The van der Waals surface area contributed by atoms with Crippen molar-refractivity contribution < 1.29 is 4.79 Å². The Hall–Kier alpha value is -3.28. The van der Waals surface area contributed by atoms with E-state index in [1.54, 1.807) is 41.2 Å². The van der Waals surface area contributed by atoms with Crippen LogP contribution in [0.5, 0.6) is 0 Å². The zero-order chi connectivity index (χ0) is 16.2. The Morgan fingerprint density at radius 1 is 1.17 bits per heavy atom. The highest BCUT2D eigenvalue weighted by Gasteiger charge is 2.08. The van der Waals surface area contributed by atoms with Crippen LogP contribution in [-0.2, 0) is 7.05 Å². The summed E-state index contributed by atoms with van der Waals surface area (Å²) in [5.41, 5.74) is 3.08. The van der Waals surface area contributed by atoms with Gasteiger partial charge in [0.25, 0.3) is 5.91 Å². The molecule has 1 aromatic carbocycles. The molecule has 0 spiro atoms. The van der Waals surface area contributed by atoms with Crippen molar-refractivity contribution in [2.75, 3.05) is 5.32 Å². The minimum atomic E-state index is -0.232. The van der Waals surface area contributed by atoms with E-state index in [0.29, 0.717) is 17.1 Å². The second-order valence-electron chi connectivity index (χ2n) is 4.99. The van der Waals surface area contributed by atoms with E-state index in [-0.39, 0.29) is 5.91 Å². The van der Waals surface area contributed by atoms with Crippen molar-refractivity contribution in [3.63, 3.8) is 0 Å². The Labute approximate surface area is 133 Å². The maximum absolute atomic E-state index is 12.2. The van der Waals surface area contributed by atoms with Crippen LogP contribution >= 0.6 is 0 Å². The Morgan fingerprint density at radius 3 is 2.52 bits per heavy atom. The average Bonchev–Trinajstić information content (AvgIpc) is 3.02. The summed E-state index contributed by atoms with van der Waals surface area (Å²) in [4.78, 5) is 12.2. The van der Waals surface area contributed by atoms with Gasteiger partial charge in [0.15, 0.2) is 5.82 Å². The van der Waals surface area contributed by atoms with Gasteiger partial charge in [0.2, 0.25) is 0 Å². The van der Waals surface area contributed by atoms with Crippen LogP contribution in [0.1, 0.15) is 15.9 Å². The first-order valence-electron chi connectivity index (χ1n) is 7.02. The van der Waals surface area contributed by atoms with Gasteiger partial charge in [-0.05, 0) is 29.8 Å². The minimum Gasteiger partial charge on any atom is -0.305 e. The van der Waals surface area contributed by atoms with Crippen molar-refractivity contribution in [1.29, 1.82) is 0 Å². The van der Waals surface area contributed by atoms with Gasteiger partial charge >= 0.3 is 0 Å². The van der Waals surface area contributed by atoms with Crippen LogP contribution in [-0.4, -0.2) is 25.9 Å². The van der Waals surface area contributed by atoms with E-state index in [2.05, 4.69) is 27.2 Å². The lowest BCUT2D eigenvalue weighted by Gasteiger charge is -2.04. The quantitative estimate of drug-likeness (QED) is 0.804. The molecular formula is C17H15N5O. The summed E-state index contributed by atoms with van der Waals surface area (Å²) < 4.78 is 1.69. The predicted octanol–water partition coefficient (Wildman–Crippen LogP) is 2.77. The standard InChI is InChI=1S/C17H15N5O/c1-3-12-4-6-13(7-5-12)17(23)19-16-9-8-15(20-21-16)14-10-18-22(2)11-14/h3-11H,1H2,2H3,(H,19,21,23). The number of nitrogens with one attached hydrogen (secondary N) is 1. The molecule has 3 aromatic rings. The number of benzene rings is 1. The first-order valence-corrected chi connectivity index (χ1v) is 7.02. The molecule has 3 rings (SSSR count). The molecule has 1 amide bonds. The summed E-state index contributed by atoms with van der Waals surface area (Å²) >= 11 is 0. The largest absolute Gasteiger partial charge is 0.305 e. The Balaban J connectivity index is 1.72. The molecule has 0 aliphatic carbocycles. The molecule has 0 aliphatic heterocycles. The Morgan fingerprint density at radius 2 is 1.96 bits per heavy atom. The van der Waals surface area contributed by atoms with E-state index in [1.807, 2.05) is 25.4 Å². The van der Waals surface area contributed by atoms with Crippen molar-refractivity contribution in [1.82, 2.24) is 20.0 Å². The molecule has 0 radical (unpaired) electrons. The highest BCUT2D eigenvalue weighted by atomic mass is 16.1. The van der Waals surface area contributed by atoms with Crippen LogP contribution in [0.3, 0.4) is 0 Å². The van der Waals surface area contributed by atoms with Crippen molar-refractivity contribution in [3.8, 4) is 11.3 Å². The van der Waals surface area contributed by atoms with Gasteiger partial charge in [-0.25, -0.2) is 0 Å². The third kappa shape index (κ3) is 3.32. The fraction of sp³-hybridized carbons (Fsp3) is 0.0588. The van der Waals surface area contributed by atoms with Crippen molar-refractivity contribution >= 4 is 17.8 Å². The fourth-order valence-corrected chi connectivity index (χ4v) is 2.07. The summed E-state index contributed by atoms with van der Waals surface area (Å²) in [6.45, 7) is 3.68. The molecule has 6 nitrogen and oxygen atoms in total. The molecule has 0 unspecified atom stereocenters. The lowest BCUT2D eigenvalue weighted by atomic mass is 10.1. The summed E-state index contributed by atoms with van der Waals surface area (Å²) in [7, 11) is 1.84. The van der Waals surface area contributed by atoms with Gasteiger partial charge in [0, 0.05) is 24.4 Å². The number of anilines is 1. The van der Waals surface area contributed by atoms with Crippen LogP contribution in [0.25, 0.3) is 17.3 Å². The molecule has 0 atom stereocenters. The topological polar surface area (TPSA) is 72.7 Å². The van der Waals surface area contributed by atoms with E-state index in [1.165, 1.54) is 0 Å². The van der Waals surface area contributed by atoms with Gasteiger partial charge in [-0.3, -0.25) is 9.48 Å². The van der Waals surface area contributed by atoms with Crippen LogP contribution in [0.2, 0.25) is 0 Å². The van der Waals surface area contributed by atoms with E-state index in [9.17, 15) is 4.79 Å². The van der Waals surface area contributed by atoms with Crippen LogP contribution < -0.4 is 5.32 Å². The normalized spacial score (nSPS) is 10.3. The summed E-state index contributed by atoms with van der Waals surface area (Å²) in [5, 5.41) is 14.9. The van der Waals surface area contributed by atoms with E-state index in [0.717, 1.165) is 11.1 Å². The molecule has 2 aromatic heterocycles. The zero-order valence-corrected chi connectivity index (χ0v) is 12.6. The maximum atomic E-state index is 12.2. The highest BCUT2D eigenvalue weighted by Crippen LogP contribution is 2.16. The van der Waals surface area contributed by atoms with Gasteiger partial charge in [-0.15, -0.1) is 10.2 Å². The SMILES string of the molecule is C=Cc1ccc(C(=O)Nc2ccc(-c3cnn(C)c3)nn2)cc1. The second-order valence-corrected chi connectivity index (χ2v) is 4.99. The summed E-state index contributed by atoms with van der Waals surface area (Å²) in [6, 6.07) is 10.7. The van der Waals surface area contributed by atoms with Crippen LogP contribution in [0, 0.1) is 0 Å². The Bertz CT molecular complexity index is 834. The van der Waals surface area contributed by atoms with E-state index < -0.39 is 0 Å². The monoisotopic (exact) mass is 305 g/mol. The first-order chi connectivity index (χ1) is 11.2. The smallest absolute Gasteiger partial charge is 0.256 e. The molecule has 0 bridgehead atoms. The number of aryl methyl sites for hydroxylation is 1. The van der Waals surface area contributed by atoms with Crippen molar-refractivity contribution in [3.05, 3.63) is 66.5 Å². The molecule has 2 heterocycles. The number of aromatic nitrogens is 4. The van der Waals surface area contributed by atoms with E-state index >= 15 is 0 Å². The molecule has 114 valence electrons. The minimum absolute atomic E-state index is 0.232. The van der Waals surface area contributed by atoms with Gasteiger partial charge < -0.3 is 5.32 Å². The lowest BCUT2D eigenvalue weighted by molar-refractivity contribution is 0.102. The van der Waals surface area contributed by atoms with Crippen molar-refractivity contribution in [2.24, 2.45) is 7.05 Å². The number of hydrogen-bond donors (Lipinski definition) is 1. The summed E-state index contributed by atoms with van der Waals surface area (Å²) in [6.07, 6.45) is 5.29. The molecule has 6 heteroatoms. The van der Waals surface area contributed by atoms with Crippen LogP contribution in [0.15, 0.2) is 55.4 Å². The van der Waals surface area contributed by atoms with Gasteiger partial charge in [-0.1, -0.05) is 24.8 Å². The highest BCUT2D eigenvalue weighted by molar-refractivity contribution is 6.03. The molecule has 0 fully saturated rings. The molecule has 0 saturated carbocycles.